The molecule has 45 heavy (non-hydrogen) atoms. The van der Waals surface area contributed by atoms with Crippen molar-refractivity contribution >= 4 is 6.29 Å². The number of carbonyl (C=O) groups is 1. The molecule has 0 saturated carbocycles. The first kappa shape index (κ1) is 38.1. The van der Waals surface area contributed by atoms with Crippen molar-refractivity contribution in [3.05, 3.63) is 11.6 Å². The van der Waals surface area contributed by atoms with Crippen LogP contribution in [0.1, 0.15) is 0 Å². The highest BCUT2D eigenvalue weighted by atomic mass is 16.7. The largest absolute Gasteiger partial charge is 0.394 e. The fraction of sp³-hybridized carbons (Fsp3) is 0.880. The maximum Gasteiger partial charge on any atom is 0.187 e. The summed E-state index contributed by atoms with van der Waals surface area (Å²) in [6, 6.07) is -2.55. The van der Waals surface area contributed by atoms with E-state index in [0.717, 1.165) is 0 Å². The van der Waals surface area contributed by atoms with Crippen molar-refractivity contribution in [2.45, 2.75) is 110 Å². The summed E-state index contributed by atoms with van der Waals surface area (Å²) >= 11 is 0. The maximum atomic E-state index is 10.9. The van der Waals surface area contributed by atoms with E-state index in [4.69, 9.17) is 18.9 Å². The molecule has 1 unspecified atom stereocenters. The molecule has 18 atom stereocenters. The Morgan fingerprint density at radius 2 is 1.40 bits per heavy atom. The molecule has 2 saturated heterocycles. The number of carbonyl (C=O) groups excluding carboxylic acids is 1. The summed E-state index contributed by atoms with van der Waals surface area (Å²) in [5, 5.41) is 145. The van der Waals surface area contributed by atoms with Gasteiger partial charge in [-0.15, -0.1) is 0 Å². The van der Waals surface area contributed by atoms with Crippen molar-refractivity contribution in [3.8, 4) is 0 Å². The van der Waals surface area contributed by atoms with E-state index in [2.05, 4.69) is 5.32 Å². The zero-order valence-electron chi connectivity index (χ0n) is 23.7. The Balaban J connectivity index is 1.74. The average Bonchev–Trinajstić information content (AvgIpc) is 3.04. The summed E-state index contributed by atoms with van der Waals surface area (Å²) in [6.07, 6.45) is -28.3. The monoisotopic (exact) mass is 661 g/mol. The molecule has 0 amide bonds. The zero-order chi connectivity index (χ0) is 33.7. The van der Waals surface area contributed by atoms with Crippen LogP contribution in [0.2, 0.25) is 0 Å². The molecule has 1 aliphatic carbocycles. The highest BCUT2D eigenvalue weighted by Crippen LogP contribution is 2.31. The molecule has 20 heteroatoms. The Morgan fingerprint density at radius 3 is 1.96 bits per heavy atom. The van der Waals surface area contributed by atoms with Gasteiger partial charge in [-0.2, -0.15) is 0 Å². The number of aldehydes is 1. The molecule has 0 bridgehead atoms. The zero-order valence-corrected chi connectivity index (χ0v) is 23.7. The first-order chi connectivity index (χ1) is 21.2. The predicted molar refractivity (Wildman–Crippen MR) is 140 cm³/mol. The predicted octanol–water partition coefficient (Wildman–Crippen LogP) is -9.75. The van der Waals surface area contributed by atoms with Crippen LogP contribution in [-0.4, -0.2) is 214 Å². The van der Waals surface area contributed by atoms with Gasteiger partial charge in [-0.3, -0.25) is 0 Å². The number of hydrogen-bond acceptors (Lipinski definition) is 20. The standard InChI is InChI=1S/C25H43NO19/c27-2-7-1-8(15(35)18(38)14(7)34)26-13-11(5-30)42-24(20(40)17(13)37)45-23-12(6-31)43-25(21(41)19(23)39)44-22(10(33)4-29)16(36)9(32)3-28/h1,3,8-27,29-41H,2,4-6H2/t8-,9-,10+,11?,12+,13-,14+,15-,16-,17-,18-,19-,20+,21+,22+,23-,24-,25+/m0/s1. The van der Waals surface area contributed by atoms with Gasteiger partial charge in [0.2, 0.25) is 0 Å². The number of ether oxygens (including phenoxy) is 4. The van der Waals surface area contributed by atoms with Gasteiger partial charge in [-0.05, 0) is 5.57 Å². The third kappa shape index (κ3) is 8.21. The molecule has 2 fully saturated rings. The van der Waals surface area contributed by atoms with Gasteiger partial charge in [0.25, 0.3) is 0 Å². The van der Waals surface area contributed by atoms with E-state index >= 15 is 0 Å². The molecule has 0 radical (unpaired) electrons. The lowest BCUT2D eigenvalue weighted by molar-refractivity contribution is -0.362. The van der Waals surface area contributed by atoms with Crippen LogP contribution in [0.4, 0.5) is 0 Å². The molecule has 2 heterocycles. The number of hydrogen-bond donors (Lipinski definition) is 15. The number of aliphatic hydroxyl groups is 14. The van der Waals surface area contributed by atoms with Gasteiger partial charge in [0, 0.05) is 0 Å². The fourth-order valence-corrected chi connectivity index (χ4v) is 5.39. The Bertz CT molecular complexity index is 957. The van der Waals surface area contributed by atoms with Crippen LogP contribution in [0.15, 0.2) is 11.6 Å². The third-order valence-electron chi connectivity index (χ3n) is 8.06. The van der Waals surface area contributed by atoms with Crippen LogP contribution in [0.5, 0.6) is 0 Å². The molecular formula is C25H43NO19. The summed E-state index contributed by atoms with van der Waals surface area (Å²) in [4.78, 5) is 10.9. The lowest BCUT2D eigenvalue weighted by atomic mass is 9.86. The summed E-state index contributed by atoms with van der Waals surface area (Å²) in [7, 11) is 0. The summed E-state index contributed by atoms with van der Waals surface area (Å²) in [6.45, 7) is -3.46. The quantitative estimate of drug-likeness (QED) is 0.0606. The summed E-state index contributed by atoms with van der Waals surface area (Å²) < 4.78 is 21.8. The molecule has 3 rings (SSSR count). The molecule has 0 spiro atoms. The Morgan fingerprint density at radius 1 is 0.800 bits per heavy atom. The highest BCUT2D eigenvalue weighted by molar-refractivity contribution is 5.56. The van der Waals surface area contributed by atoms with E-state index in [9.17, 15) is 76.3 Å². The normalized spacial score (nSPS) is 43.6. The van der Waals surface area contributed by atoms with Crippen LogP contribution in [0.3, 0.4) is 0 Å². The first-order valence-corrected chi connectivity index (χ1v) is 14.0. The van der Waals surface area contributed by atoms with Crippen molar-refractivity contribution in [1.82, 2.24) is 5.32 Å². The minimum absolute atomic E-state index is 0.0485. The minimum atomic E-state index is -2.13. The average molecular weight is 662 g/mol. The number of rotatable bonds is 14. The van der Waals surface area contributed by atoms with Crippen molar-refractivity contribution in [1.29, 1.82) is 0 Å². The van der Waals surface area contributed by atoms with Crippen molar-refractivity contribution in [2.75, 3.05) is 26.4 Å². The molecule has 3 aliphatic rings. The molecule has 2 aliphatic heterocycles. The molecule has 0 aromatic carbocycles. The van der Waals surface area contributed by atoms with Crippen molar-refractivity contribution in [3.63, 3.8) is 0 Å². The summed E-state index contributed by atoms with van der Waals surface area (Å²) in [5.41, 5.74) is -0.0485. The lowest BCUT2D eigenvalue weighted by Crippen LogP contribution is -2.69. The van der Waals surface area contributed by atoms with E-state index in [1.807, 2.05) is 0 Å². The number of aliphatic hydroxyl groups excluding tert-OH is 14. The Labute approximate surface area is 255 Å². The minimum Gasteiger partial charge on any atom is -0.394 e. The second-order valence-corrected chi connectivity index (χ2v) is 11.0. The summed E-state index contributed by atoms with van der Waals surface area (Å²) in [5.74, 6) is 0. The Kier molecular flexibility index (Phi) is 14.1. The third-order valence-corrected chi connectivity index (χ3v) is 8.06. The van der Waals surface area contributed by atoms with Crippen LogP contribution < -0.4 is 5.32 Å². The topological polar surface area (TPSA) is 349 Å². The van der Waals surface area contributed by atoms with Crippen LogP contribution in [0, 0.1) is 0 Å². The molecule has 15 N–H and O–H groups in total. The van der Waals surface area contributed by atoms with Gasteiger partial charge in [-0.25, -0.2) is 0 Å². The van der Waals surface area contributed by atoms with Gasteiger partial charge in [0.05, 0.1) is 38.5 Å². The maximum absolute atomic E-state index is 10.9. The van der Waals surface area contributed by atoms with Gasteiger partial charge in [-0.1, -0.05) is 6.08 Å². The van der Waals surface area contributed by atoms with Gasteiger partial charge < -0.3 is 101 Å². The van der Waals surface area contributed by atoms with Crippen LogP contribution in [0.25, 0.3) is 0 Å². The highest BCUT2D eigenvalue weighted by Gasteiger charge is 2.52. The van der Waals surface area contributed by atoms with E-state index < -0.39 is 137 Å². The fourth-order valence-electron chi connectivity index (χ4n) is 5.39. The smallest absolute Gasteiger partial charge is 0.187 e. The van der Waals surface area contributed by atoms with Gasteiger partial charge in [0.15, 0.2) is 18.9 Å². The van der Waals surface area contributed by atoms with E-state index in [-0.39, 0.29) is 11.9 Å². The number of nitrogens with one attached hydrogen (secondary N) is 1. The van der Waals surface area contributed by atoms with Crippen LogP contribution >= 0.6 is 0 Å². The molecule has 20 nitrogen and oxygen atoms in total. The van der Waals surface area contributed by atoms with Crippen LogP contribution in [-0.2, 0) is 23.7 Å². The van der Waals surface area contributed by atoms with Gasteiger partial charge >= 0.3 is 0 Å². The van der Waals surface area contributed by atoms with Crippen molar-refractivity contribution in [2.24, 2.45) is 0 Å². The second-order valence-electron chi connectivity index (χ2n) is 11.0. The first-order valence-electron chi connectivity index (χ1n) is 14.0. The van der Waals surface area contributed by atoms with E-state index in [1.54, 1.807) is 0 Å². The molecule has 0 aromatic rings. The SMILES string of the molecule is O=C[C@H](O)[C@H](O)[C@H](O[C@H]1O[C@H](CO)[C@H](O[C@@H]2OC(CO)[C@H](N[C@H]3C=C(CO)[C@@H](O)[C@H](O)[C@H]3O)[C@H](O)[C@H]2O)[C@@H](O)[C@H]1O)[C@H](O)CO. The lowest BCUT2D eigenvalue weighted by Gasteiger charge is -2.48. The molecule has 262 valence electrons. The molecular weight excluding hydrogens is 618 g/mol. The van der Waals surface area contributed by atoms with Crippen molar-refractivity contribution < 1.29 is 95.2 Å². The second kappa shape index (κ2) is 16.7. The van der Waals surface area contributed by atoms with E-state index in [0.29, 0.717) is 0 Å². The van der Waals surface area contributed by atoms with E-state index in [1.165, 1.54) is 6.08 Å². The van der Waals surface area contributed by atoms with Gasteiger partial charge in [0.1, 0.15) is 85.5 Å². The molecule has 0 aromatic heterocycles. The Hall–Kier alpha value is -1.35.